The molecule has 120 valence electrons. The first kappa shape index (κ1) is 16.5. The maximum Gasteiger partial charge on any atom is 0.417 e. The van der Waals surface area contributed by atoms with Gasteiger partial charge in [-0.2, -0.15) is 18.3 Å². The zero-order valence-corrected chi connectivity index (χ0v) is 11.8. The van der Waals surface area contributed by atoms with Crippen molar-refractivity contribution in [1.29, 1.82) is 0 Å². The van der Waals surface area contributed by atoms with Gasteiger partial charge in [0.25, 0.3) is 0 Å². The van der Waals surface area contributed by atoms with Crippen LogP contribution in [0.5, 0.6) is 5.75 Å². The summed E-state index contributed by atoms with van der Waals surface area (Å²) in [5.41, 5.74) is 1.86. The van der Waals surface area contributed by atoms with Crippen LogP contribution in [0.3, 0.4) is 0 Å². The molecule has 0 unspecified atom stereocenters. The summed E-state index contributed by atoms with van der Waals surface area (Å²) < 4.78 is 38.4. The normalized spacial score (nSPS) is 11.6. The van der Waals surface area contributed by atoms with Gasteiger partial charge in [-0.3, -0.25) is 4.79 Å². The van der Waals surface area contributed by atoms with Gasteiger partial charge in [0, 0.05) is 5.56 Å². The summed E-state index contributed by atoms with van der Waals surface area (Å²) in [6.07, 6.45) is -3.53. The molecule has 2 rings (SSSR count). The second-order valence-corrected chi connectivity index (χ2v) is 4.72. The van der Waals surface area contributed by atoms with E-state index in [4.69, 9.17) is 5.11 Å². The largest absolute Gasteiger partial charge is 0.508 e. The number of phenolic OH excluding ortho intramolecular Hbond substituents is 1. The van der Waals surface area contributed by atoms with Crippen LogP contribution in [0.25, 0.3) is 0 Å². The number of alkyl halides is 3. The number of amides is 1. The topological polar surface area (TPSA) is 61.7 Å². The highest BCUT2D eigenvalue weighted by Crippen LogP contribution is 2.30. The van der Waals surface area contributed by atoms with E-state index in [1.165, 1.54) is 30.3 Å². The molecule has 0 atom stereocenters. The van der Waals surface area contributed by atoms with Crippen molar-refractivity contribution < 1.29 is 23.1 Å². The third kappa shape index (κ3) is 4.84. The average Bonchev–Trinajstić information content (AvgIpc) is 2.49. The van der Waals surface area contributed by atoms with Gasteiger partial charge in [-0.05, 0) is 23.8 Å². The second-order valence-electron chi connectivity index (χ2n) is 4.72. The Morgan fingerprint density at radius 2 is 1.78 bits per heavy atom. The first-order valence-electron chi connectivity index (χ1n) is 6.62. The van der Waals surface area contributed by atoms with Gasteiger partial charge in [-0.1, -0.05) is 30.3 Å². The SMILES string of the molecule is O=C(Cc1ccc(O)cc1)N/N=C\c1ccccc1C(F)(F)F. The quantitative estimate of drug-likeness (QED) is 0.671. The summed E-state index contributed by atoms with van der Waals surface area (Å²) in [6.45, 7) is 0. The molecule has 0 saturated heterocycles. The van der Waals surface area contributed by atoms with Crippen LogP contribution in [-0.4, -0.2) is 17.2 Å². The van der Waals surface area contributed by atoms with Crippen molar-refractivity contribution in [2.75, 3.05) is 0 Å². The Kier molecular flexibility index (Phi) is 5.00. The Hall–Kier alpha value is -2.83. The fraction of sp³-hybridized carbons (Fsp3) is 0.125. The fourth-order valence-corrected chi connectivity index (χ4v) is 1.88. The van der Waals surface area contributed by atoms with Crippen molar-refractivity contribution in [1.82, 2.24) is 5.43 Å². The molecule has 0 fully saturated rings. The Balaban J connectivity index is 1.99. The minimum Gasteiger partial charge on any atom is -0.508 e. The van der Waals surface area contributed by atoms with E-state index in [1.807, 2.05) is 0 Å². The highest BCUT2D eigenvalue weighted by Gasteiger charge is 2.32. The van der Waals surface area contributed by atoms with Crippen molar-refractivity contribution in [3.63, 3.8) is 0 Å². The third-order valence-corrected chi connectivity index (χ3v) is 2.96. The summed E-state index contributed by atoms with van der Waals surface area (Å²) in [4.78, 5) is 11.7. The number of aromatic hydroxyl groups is 1. The number of carbonyl (C=O) groups excluding carboxylic acids is 1. The smallest absolute Gasteiger partial charge is 0.417 e. The summed E-state index contributed by atoms with van der Waals surface area (Å²) in [6, 6.07) is 10.9. The standard InChI is InChI=1S/C16H13F3N2O2/c17-16(18,19)14-4-2-1-3-12(14)10-20-21-15(23)9-11-5-7-13(22)8-6-11/h1-8,10,22H,9H2,(H,21,23)/b20-10-. The number of nitrogens with one attached hydrogen (secondary N) is 1. The van der Waals surface area contributed by atoms with E-state index >= 15 is 0 Å². The molecule has 0 heterocycles. The van der Waals surface area contributed by atoms with Crippen LogP contribution in [-0.2, 0) is 17.4 Å². The Morgan fingerprint density at radius 3 is 2.43 bits per heavy atom. The van der Waals surface area contributed by atoms with Crippen molar-refractivity contribution in [3.8, 4) is 5.75 Å². The van der Waals surface area contributed by atoms with Crippen LogP contribution >= 0.6 is 0 Å². The van der Waals surface area contributed by atoms with Gasteiger partial charge in [-0.25, -0.2) is 5.43 Å². The maximum absolute atomic E-state index is 12.8. The van der Waals surface area contributed by atoms with E-state index in [0.29, 0.717) is 5.56 Å². The number of hydrogen-bond acceptors (Lipinski definition) is 3. The van der Waals surface area contributed by atoms with Gasteiger partial charge in [0.05, 0.1) is 18.2 Å². The van der Waals surface area contributed by atoms with E-state index in [-0.39, 0.29) is 17.7 Å². The molecule has 0 radical (unpaired) electrons. The van der Waals surface area contributed by atoms with E-state index in [2.05, 4.69) is 10.5 Å². The average molecular weight is 322 g/mol. The number of carbonyl (C=O) groups is 1. The number of rotatable bonds is 4. The molecular weight excluding hydrogens is 309 g/mol. The number of benzene rings is 2. The van der Waals surface area contributed by atoms with Crippen LogP contribution < -0.4 is 5.43 Å². The lowest BCUT2D eigenvalue weighted by molar-refractivity contribution is -0.137. The summed E-state index contributed by atoms with van der Waals surface area (Å²) >= 11 is 0. The summed E-state index contributed by atoms with van der Waals surface area (Å²) in [5, 5.41) is 12.7. The zero-order chi connectivity index (χ0) is 16.9. The molecule has 4 nitrogen and oxygen atoms in total. The highest BCUT2D eigenvalue weighted by atomic mass is 19.4. The number of nitrogens with zero attached hydrogens (tertiary/aromatic N) is 1. The van der Waals surface area contributed by atoms with E-state index in [0.717, 1.165) is 12.3 Å². The number of hydrogen-bond donors (Lipinski definition) is 2. The predicted molar refractivity (Wildman–Crippen MR) is 79.0 cm³/mol. The van der Waals surface area contributed by atoms with Gasteiger partial charge < -0.3 is 5.11 Å². The van der Waals surface area contributed by atoms with E-state index in [9.17, 15) is 18.0 Å². The second kappa shape index (κ2) is 6.95. The third-order valence-electron chi connectivity index (χ3n) is 2.96. The first-order chi connectivity index (χ1) is 10.9. The lowest BCUT2D eigenvalue weighted by Gasteiger charge is -2.09. The molecule has 23 heavy (non-hydrogen) atoms. The molecule has 0 aliphatic carbocycles. The van der Waals surface area contributed by atoms with Crippen LogP contribution in [0.15, 0.2) is 53.6 Å². The molecule has 0 aromatic heterocycles. The highest BCUT2D eigenvalue weighted by molar-refractivity contribution is 5.84. The molecule has 0 spiro atoms. The first-order valence-corrected chi connectivity index (χ1v) is 6.62. The zero-order valence-electron chi connectivity index (χ0n) is 11.8. The van der Waals surface area contributed by atoms with Crippen molar-refractivity contribution in [2.24, 2.45) is 5.10 Å². The molecular formula is C16H13F3N2O2. The lowest BCUT2D eigenvalue weighted by atomic mass is 10.1. The Bertz CT molecular complexity index is 710. The van der Waals surface area contributed by atoms with Gasteiger partial charge >= 0.3 is 6.18 Å². The Morgan fingerprint density at radius 1 is 1.13 bits per heavy atom. The minimum absolute atomic E-state index is 0.00145. The van der Waals surface area contributed by atoms with Gasteiger partial charge in [-0.15, -0.1) is 0 Å². The monoisotopic (exact) mass is 322 g/mol. The fourth-order valence-electron chi connectivity index (χ4n) is 1.88. The van der Waals surface area contributed by atoms with Crippen LogP contribution in [0.2, 0.25) is 0 Å². The minimum atomic E-state index is -4.49. The Labute approximate surface area is 130 Å². The van der Waals surface area contributed by atoms with Crippen molar-refractivity contribution >= 4 is 12.1 Å². The van der Waals surface area contributed by atoms with E-state index < -0.39 is 17.6 Å². The van der Waals surface area contributed by atoms with Gasteiger partial charge in [0.15, 0.2) is 0 Å². The molecule has 0 aliphatic rings. The number of phenols is 1. The van der Waals surface area contributed by atoms with Gasteiger partial charge in [0.1, 0.15) is 5.75 Å². The van der Waals surface area contributed by atoms with Crippen LogP contribution in [0.1, 0.15) is 16.7 Å². The van der Waals surface area contributed by atoms with Crippen LogP contribution in [0.4, 0.5) is 13.2 Å². The molecule has 0 bridgehead atoms. The summed E-state index contributed by atoms with van der Waals surface area (Å²) in [5.74, 6) is -0.396. The van der Waals surface area contributed by atoms with E-state index in [1.54, 1.807) is 12.1 Å². The molecule has 7 heteroatoms. The molecule has 2 N–H and O–H groups in total. The van der Waals surface area contributed by atoms with Crippen LogP contribution in [0, 0.1) is 0 Å². The predicted octanol–water partition coefficient (Wildman–Crippen LogP) is 3.10. The molecule has 0 aliphatic heterocycles. The lowest BCUT2D eigenvalue weighted by Crippen LogP contribution is -2.20. The van der Waals surface area contributed by atoms with Crippen molar-refractivity contribution in [3.05, 3.63) is 65.2 Å². The van der Waals surface area contributed by atoms with Crippen molar-refractivity contribution in [2.45, 2.75) is 12.6 Å². The molecule has 2 aromatic carbocycles. The molecule has 0 saturated carbocycles. The molecule has 2 aromatic rings. The van der Waals surface area contributed by atoms with Gasteiger partial charge in [0.2, 0.25) is 5.91 Å². The summed E-state index contributed by atoms with van der Waals surface area (Å²) in [7, 11) is 0. The number of halogens is 3. The number of hydrazone groups is 1. The maximum atomic E-state index is 12.8. The molecule has 1 amide bonds.